The van der Waals surface area contributed by atoms with Crippen molar-refractivity contribution in [3.8, 4) is 0 Å². The summed E-state index contributed by atoms with van der Waals surface area (Å²) in [4.78, 5) is 12.0. The number of hydrogen-bond donors (Lipinski definition) is 2. The van der Waals surface area contributed by atoms with Gasteiger partial charge in [0.25, 0.3) is 5.91 Å². The van der Waals surface area contributed by atoms with E-state index in [1.54, 1.807) is 19.9 Å². The molecule has 0 aliphatic heterocycles. The van der Waals surface area contributed by atoms with Crippen LogP contribution in [0, 0.1) is 5.92 Å². The van der Waals surface area contributed by atoms with Crippen molar-refractivity contribution in [1.82, 2.24) is 14.9 Å². The van der Waals surface area contributed by atoms with Crippen LogP contribution in [0.25, 0.3) is 0 Å². The first kappa shape index (κ1) is 16.0. The zero-order valence-corrected chi connectivity index (χ0v) is 13.4. The van der Waals surface area contributed by atoms with Crippen molar-refractivity contribution in [3.63, 3.8) is 0 Å². The average Bonchev–Trinajstić information content (AvgIpc) is 2.87. The molecular weight excluding hydrogens is 290 g/mol. The summed E-state index contributed by atoms with van der Waals surface area (Å²) < 4.78 is 25.6. The number of aromatic amines is 1. The first-order valence-electron chi connectivity index (χ1n) is 7.47. The van der Waals surface area contributed by atoms with E-state index in [0.29, 0.717) is 5.92 Å². The Kier molecular flexibility index (Phi) is 5.03. The van der Waals surface area contributed by atoms with E-state index in [2.05, 4.69) is 14.9 Å². The number of hydrogen-bond acceptors (Lipinski definition) is 4. The first-order chi connectivity index (χ1) is 9.87. The number of nitrogens with one attached hydrogen (secondary N) is 2. The Morgan fingerprint density at radius 2 is 2.05 bits per heavy atom. The molecule has 0 aromatic carbocycles. The molecule has 1 saturated carbocycles. The number of rotatable bonds is 5. The summed E-state index contributed by atoms with van der Waals surface area (Å²) in [6.07, 6.45) is 5.82. The fourth-order valence-corrected chi connectivity index (χ4v) is 4.10. The Bertz CT molecular complexity index is 586. The van der Waals surface area contributed by atoms with Crippen LogP contribution in [0.15, 0.2) is 6.07 Å². The minimum Gasteiger partial charge on any atom is -0.281 e. The zero-order chi connectivity index (χ0) is 15.5. The lowest BCUT2D eigenvalue weighted by molar-refractivity contribution is 0.0976. The first-order valence-corrected chi connectivity index (χ1v) is 9.13. The van der Waals surface area contributed by atoms with Crippen molar-refractivity contribution < 1.29 is 13.2 Å². The van der Waals surface area contributed by atoms with Crippen molar-refractivity contribution in [3.05, 3.63) is 17.5 Å². The molecule has 1 aromatic rings. The highest BCUT2D eigenvalue weighted by atomic mass is 32.2. The van der Waals surface area contributed by atoms with Gasteiger partial charge in [0.05, 0.1) is 5.75 Å². The third kappa shape index (κ3) is 4.56. The second-order valence-electron chi connectivity index (χ2n) is 6.15. The molecule has 0 saturated heterocycles. The van der Waals surface area contributed by atoms with Gasteiger partial charge >= 0.3 is 0 Å². The van der Waals surface area contributed by atoms with Gasteiger partial charge in [-0.05, 0) is 24.8 Å². The maximum atomic E-state index is 12.0. The molecule has 0 bridgehead atoms. The van der Waals surface area contributed by atoms with Gasteiger partial charge in [0.15, 0.2) is 5.69 Å². The van der Waals surface area contributed by atoms with E-state index in [9.17, 15) is 13.2 Å². The number of H-pyrrole nitrogens is 1. The Morgan fingerprint density at radius 1 is 1.38 bits per heavy atom. The van der Waals surface area contributed by atoms with Gasteiger partial charge in [-0.1, -0.05) is 33.1 Å². The molecule has 1 heterocycles. The van der Waals surface area contributed by atoms with Crippen LogP contribution in [-0.4, -0.2) is 30.3 Å². The van der Waals surface area contributed by atoms with E-state index in [1.165, 1.54) is 19.3 Å². The molecule has 0 atom stereocenters. The molecular formula is C14H23N3O3S. The number of amides is 1. The summed E-state index contributed by atoms with van der Waals surface area (Å²) >= 11 is 0. The third-order valence-corrected chi connectivity index (χ3v) is 5.28. The predicted molar refractivity (Wildman–Crippen MR) is 80.5 cm³/mol. The van der Waals surface area contributed by atoms with E-state index in [-0.39, 0.29) is 17.4 Å². The summed E-state index contributed by atoms with van der Waals surface area (Å²) in [7, 11) is -3.60. The Morgan fingerprint density at radius 3 is 2.67 bits per heavy atom. The molecule has 1 aromatic heterocycles. The van der Waals surface area contributed by atoms with Crippen molar-refractivity contribution in [1.29, 1.82) is 0 Å². The lowest BCUT2D eigenvalue weighted by Crippen LogP contribution is -2.34. The maximum Gasteiger partial charge on any atom is 0.285 e. The predicted octanol–water partition coefficient (Wildman–Crippen LogP) is 2.17. The van der Waals surface area contributed by atoms with E-state index in [1.807, 2.05) is 0 Å². The fourth-order valence-electron chi connectivity index (χ4n) is 2.75. The zero-order valence-electron chi connectivity index (χ0n) is 12.6. The monoisotopic (exact) mass is 313 g/mol. The van der Waals surface area contributed by atoms with Gasteiger partial charge in [0, 0.05) is 11.6 Å². The second-order valence-corrected chi connectivity index (χ2v) is 7.92. The molecule has 7 heteroatoms. The number of aromatic nitrogens is 2. The molecule has 21 heavy (non-hydrogen) atoms. The maximum absolute atomic E-state index is 12.0. The molecule has 6 nitrogen and oxygen atoms in total. The highest BCUT2D eigenvalue weighted by molar-refractivity contribution is 7.90. The van der Waals surface area contributed by atoms with Crippen LogP contribution in [0.1, 0.15) is 68.1 Å². The highest BCUT2D eigenvalue weighted by Crippen LogP contribution is 2.31. The van der Waals surface area contributed by atoms with Gasteiger partial charge in [0.2, 0.25) is 10.0 Å². The Hall–Kier alpha value is -1.37. The van der Waals surface area contributed by atoms with E-state index in [4.69, 9.17) is 0 Å². The molecule has 0 radical (unpaired) electrons. The van der Waals surface area contributed by atoms with Gasteiger partial charge in [0.1, 0.15) is 0 Å². The number of nitrogens with zero attached hydrogens (tertiary/aromatic N) is 1. The SMILES string of the molecule is CC(C)CS(=O)(=O)NC(=O)c1cc(C2CCCCC2)[nH]n1. The van der Waals surface area contributed by atoms with Crippen LogP contribution in [0.4, 0.5) is 0 Å². The van der Waals surface area contributed by atoms with Gasteiger partial charge in [-0.3, -0.25) is 9.89 Å². The van der Waals surface area contributed by atoms with Gasteiger partial charge in [-0.15, -0.1) is 0 Å². The Balaban J connectivity index is 2.02. The molecule has 1 fully saturated rings. The smallest absolute Gasteiger partial charge is 0.281 e. The molecule has 1 amide bonds. The summed E-state index contributed by atoms with van der Waals surface area (Å²) in [5.41, 5.74) is 1.07. The largest absolute Gasteiger partial charge is 0.285 e. The normalized spacial score (nSPS) is 17.1. The lowest BCUT2D eigenvalue weighted by atomic mass is 9.87. The molecule has 2 rings (SSSR count). The van der Waals surface area contributed by atoms with Crippen LogP contribution in [0.5, 0.6) is 0 Å². The minimum atomic E-state index is -3.60. The average molecular weight is 313 g/mol. The highest BCUT2D eigenvalue weighted by Gasteiger charge is 2.22. The Labute approximate surface area is 125 Å². The summed E-state index contributed by atoms with van der Waals surface area (Å²) in [5.74, 6) is -0.361. The van der Waals surface area contributed by atoms with E-state index >= 15 is 0 Å². The van der Waals surface area contributed by atoms with Crippen molar-refractivity contribution >= 4 is 15.9 Å². The fraction of sp³-hybridized carbons (Fsp3) is 0.714. The molecule has 1 aliphatic carbocycles. The second kappa shape index (κ2) is 6.60. The van der Waals surface area contributed by atoms with Crippen LogP contribution in [-0.2, 0) is 10.0 Å². The van der Waals surface area contributed by atoms with E-state index in [0.717, 1.165) is 18.5 Å². The minimum absolute atomic E-state index is 0.0349. The third-order valence-electron chi connectivity index (χ3n) is 3.68. The molecule has 2 N–H and O–H groups in total. The van der Waals surface area contributed by atoms with Crippen LogP contribution < -0.4 is 4.72 Å². The van der Waals surface area contributed by atoms with Crippen molar-refractivity contribution in [2.45, 2.75) is 51.9 Å². The van der Waals surface area contributed by atoms with Gasteiger partial charge in [-0.2, -0.15) is 5.10 Å². The van der Waals surface area contributed by atoms with Gasteiger partial charge in [-0.25, -0.2) is 13.1 Å². The standard InChI is InChI=1S/C14H23N3O3S/c1-10(2)9-21(19,20)17-14(18)13-8-12(15-16-13)11-6-4-3-5-7-11/h8,10-11H,3-7,9H2,1-2H3,(H,15,16)(H,17,18). The van der Waals surface area contributed by atoms with Crippen LogP contribution in [0.2, 0.25) is 0 Å². The van der Waals surface area contributed by atoms with Crippen LogP contribution in [0.3, 0.4) is 0 Å². The summed E-state index contributed by atoms with van der Waals surface area (Å²) in [6, 6.07) is 1.68. The number of carbonyl (C=O) groups excluding carboxylic acids is 1. The molecule has 0 spiro atoms. The van der Waals surface area contributed by atoms with Crippen LogP contribution >= 0.6 is 0 Å². The summed E-state index contributed by atoms with van der Waals surface area (Å²) in [6.45, 7) is 3.58. The van der Waals surface area contributed by atoms with Gasteiger partial charge < -0.3 is 0 Å². The lowest BCUT2D eigenvalue weighted by Gasteiger charge is -2.19. The number of carbonyl (C=O) groups is 1. The molecule has 118 valence electrons. The quantitative estimate of drug-likeness (QED) is 0.871. The topological polar surface area (TPSA) is 91.9 Å². The van der Waals surface area contributed by atoms with Crippen molar-refractivity contribution in [2.75, 3.05) is 5.75 Å². The summed E-state index contributed by atoms with van der Waals surface area (Å²) in [5, 5.41) is 6.83. The molecule has 1 aliphatic rings. The van der Waals surface area contributed by atoms with Crippen molar-refractivity contribution in [2.24, 2.45) is 5.92 Å². The molecule has 0 unspecified atom stereocenters. The van der Waals surface area contributed by atoms with E-state index < -0.39 is 15.9 Å². The number of sulfonamides is 1.